The summed E-state index contributed by atoms with van der Waals surface area (Å²) in [5.41, 5.74) is 0.868. The topological polar surface area (TPSA) is 88.1 Å². The number of benzene rings is 2. The van der Waals surface area contributed by atoms with E-state index >= 15 is 0 Å². The third kappa shape index (κ3) is 4.01. The second kappa shape index (κ2) is 7.81. The first kappa shape index (κ1) is 18.3. The van der Waals surface area contributed by atoms with Crippen LogP contribution in [0.4, 0.5) is 4.39 Å². The highest BCUT2D eigenvalue weighted by atomic mass is 32.2. The zero-order valence-corrected chi connectivity index (χ0v) is 14.6. The molecule has 1 heterocycles. The molecule has 26 heavy (non-hydrogen) atoms. The fourth-order valence-corrected chi connectivity index (χ4v) is 3.01. The molecule has 9 heteroatoms. The van der Waals surface area contributed by atoms with E-state index in [4.69, 9.17) is 9.47 Å². The lowest BCUT2D eigenvalue weighted by molar-refractivity contribution is 0.0600. The summed E-state index contributed by atoms with van der Waals surface area (Å²) >= 11 is -2.57. The van der Waals surface area contributed by atoms with Crippen molar-refractivity contribution in [1.29, 1.82) is 0 Å². The summed E-state index contributed by atoms with van der Waals surface area (Å²) in [6.07, 6.45) is 0. The Labute approximate surface area is 151 Å². The Balaban J connectivity index is 1.77. The molecule has 2 aromatic rings. The van der Waals surface area contributed by atoms with Crippen LogP contribution < -0.4 is 9.47 Å². The number of carbonyl (C=O) groups excluding carboxylic acids is 1. The molecule has 1 aliphatic rings. The minimum atomic E-state index is -2.57. The molecule has 3 rings (SSSR count). The third-order valence-electron chi connectivity index (χ3n) is 3.83. The van der Waals surface area contributed by atoms with Gasteiger partial charge >= 0.3 is 5.97 Å². The van der Waals surface area contributed by atoms with Crippen molar-refractivity contribution in [3.63, 3.8) is 0 Å². The van der Waals surface area contributed by atoms with Crippen molar-refractivity contribution >= 4 is 17.2 Å². The summed E-state index contributed by atoms with van der Waals surface area (Å²) in [4.78, 5) is 11.4. The Morgan fingerprint density at radius 3 is 2.69 bits per heavy atom. The maximum atomic E-state index is 14.2. The molecule has 0 aliphatic carbocycles. The molecular weight excluding hydrogens is 365 g/mol. The van der Waals surface area contributed by atoms with E-state index in [0.717, 1.165) is 10.4 Å². The first-order valence-electron chi connectivity index (χ1n) is 7.57. The molecule has 0 amide bonds. The largest absolute Gasteiger partial charge is 0.760 e. The quantitative estimate of drug-likeness (QED) is 0.564. The molecule has 0 radical (unpaired) electrons. The van der Waals surface area contributed by atoms with Crippen LogP contribution >= 0.6 is 0 Å². The number of nitrogens with zero attached hydrogens (tertiary/aromatic N) is 1. The summed E-state index contributed by atoms with van der Waals surface area (Å²) in [6, 6.07) is 8.85. The number of hydrogen-bond donors (Lipinski definition) is 0. The standard InChI is InChI=1S/C17H16FNO6S/c1-23-17(20)12-3-4-13(14(18)7-12)9-19(26(21)22)8-11-2-5-15-16(6-11)25-10-24-15/h2-7H,8-10H2,1H3,(H,21,22)/p-1. The van der Waals surface area contributed by atoms with E-state index in [9.17, 15) is 17.9 Å². The first-order valence-corrected chi connectivity index (χ1v) is 8.60. The van der Waals surface area contributed by atoms with Gasteiger partial charge in [-0.2, -0.15) is 0 Å². The number of halogens is 1. The number of fused-ring (bicyclic) bond motifs is 1. The molecule has 1 aliphatic heterocycles. The third-order valence-corrected chi connectivity index (χ3v) is 4.51. The Hall–Kier alpha value is -2.49. The van der Waals surface area contributed by atoms with Gasteiger partial charge in [0.2, 0.25) is 6.79 Å². The predicted molar refractivity (Wildman–Crippen MR) is 88.5 cm³/mol. The van der Waals surface area contributed by atoms with Gasteiger partial charge < -0.3 is 18.8 Å². The van der Waals surface area contributed by atoms with E-state index < -0.39 is 23.1 Å². The zero-order chi connectivity index (χ0) is 18.7. The van der Waals surface area contributed by atoms with Crippen LogP contribution in [-0.4, -0.2) is 32.9 Å². The van der Waals surface area contributed by atoms with Gasteiger partial charge in [-0.15, -0.1) is 0 Å². The molecule has 0 spiro atoms. The monoisotopic (exact) mass is 380 g/mol. The fraction of sp³-hybridized carbons (Fsp3) is 0.235. The van der Waals surface area contributed by atoms with Crippen molar-refractivity contribution in [2.24, 2.45) is 0 Å². The van der Waals surface area contributed by atoms with Gasteiger partial charge in [-0.25, -0.2) is 13.5 Å². The van der Waals surface area contributed by atoms with Crippen molar-refractivity contribution in [1.82, 2.24) is 4.31 Å². The van der Waals surface area contributed by atoms with Gasteiger partial charge in [0.1, 0.15) is 5.82 Å². The molecule has 0 fully saturated rings. The number of carbonyl (C=O) groups is 1. The van der Waals surface area contributed by atoms with Crippen LogP contribution in [0.1, 0.15) is 21.5 Å². The number of methoxy groups -OCH3 is 1. The number of ether oxygens (including phenoxy) is 3. The molecule has 1 unspecified atom stereocenters. The van der Waals surface area contributed by atoms with Gasteiger partial charge in [0.05, 0.1) is 12.7 Å². The Morgan fingerprint density at radius 1 is 1.23 bits per heavy atom. The minimum absolute atomic E-state index is 0.0327. The SMILES string of the molecule is COC(=O)c1ccc(CN(Cc2ccc3c(c2)OCO3)S(=O)[O-])c(F)c1. The predicted octanol–water partition coefficient (Wildman–Crippen LogP) is 2.14. The minimum Gasteiger partial charge on any atom is -0.760 e. The van der Waals surface area contributed by atoms with Crippen molar-refractivity contribution < 1.29 is 32.2 Å². The van der Waals surface area contributed by atoms with Gasteiger partial charge in [-0.1, -0.05) is 12.1 Å². The summed E-state index contributed by atoms with van der Waals surface area (Å²) < 4.78 is 53.4. The molecule has 0 bridgehead atoms. The number of rotatable bonds is 6. The molecule has 0 aromatic heterocycles. The average Bonchev–Trinajstić information content (AvgIpc) is 3.09. The van der Waals surface area contributed by atoms with Gasteiger partial charge in [0, 0.05) is 29.9 Å². The summed E-state index contributed by atoms with van der Waals surface area (Å²) in [6.45, 7) is -0.0312. The van der Waals surface area contributed by atoms with Crippen molar-refractivity contribution in [3.8, 4) is 11.5 Å². The summed E-state index contributed by atoms with van der Waals surface area (Å²) in [5, 5.41) is 0. The second-order valence-corrected chi connectivity index (χ2v) is 6.45. The van der Waals surface area contributed by atoms with Crippen LogP contribution in [0.5, 0.6) is 11.5 Å². The molecule has 0 N–H and O–H groups in total. The molecule has 7 nitrogen and oxygen atoms in total. The normalized spacial score (nSPS) is 13.7. The van der Waals surface area contributed by atoms with E-state index in [-0.39, 0.29) is 31.0 Å². The Bertz CT molecular complexity index is 859. The van der Waals surface area contributed by atoms with Gasteiger partial charge in [0.15, 0.2) is 11.5 Å². The molecule has 1 atom stereocenters. The lowest BCUT2D eigenvalue weighted by Crippen LogP contribution is -2.25. The van der Waals surface area contributed by atoms with E-state index in [0.29, 0.717) is 17.1 Å². The van der Waals surface area contributed by atoms with E-state index in [2.05, 4.69) is 4.74 Å². The molecule has 138 valence electrons. The van der Waals surface area contributed by atoms with Crippen LogP contribution in [0.25, 0.3) is 0 Å². The van der Waals surface area contributed by atoms with Gasteiger partial charge in [-0.3, -0.25) is 4.21 Å². The van der Waals surface area contributed by atoms with Gasteiger partial charge in [-0.05, 0) is 29.8 Å². The van der Waals surface area contributed by atoms with E-state index in [1.807, 2.05) is 0 Å². The lowest BCUT2D eigenvalue weighted by Gasteiger charge is -2.24. The molecule has 0 saturated heterocycles. The number of esters is 1. The van der Waals surface area contributed by atoms with Crippen LogP contribution in [0, 0.1) is 5.82 Å². The maximum absolute atomic E-state index is 14.2. The fourth-order valence-electron chi connectivity index (χ4n) is 2.51. The lowest BCUT2D eigenvalue weighted by atomic mass is 10.1. The summed E-state index contributed by atoms with van der Waals surface area (Å²) in [7, 11) is 1.20. The van der Waals surface area contributed by atoms with Crippen LogP contribution in [-0.2, 0) is 29.1 Å². The van der Waals surface area contributed by atoms with Gasteiger partial charge in [0.25, 0.3) is 0 Å². The van der Waals surface area contributed by atoms with Crippen LogP contribution in [0.3, 0.4) is 0 Å². The Morgan fingerprint density at radius 2 is 2.00 bits per heavy atom. The summed E-state index contributed by atoms with van der Waals surface area (Å²) in [5.74, 6) is -0.227. The number of hydrogen-bond acceptors (Lipinski definition) is 6. The highest BCUT2D eigenvalue weighted by Gasteiger charge is 2.17. The second-order valence-electron chi connectivity index (χ2n) is 5.50. The van der Waals surface area contributed by atoms with Crippen LogP contribution in [0.15, 0.2) is 36.4 Å². The average molecular weight is 380 g/mol. The molecule has 0 saturated carbocycles. The smallest absolute Gasteiger partial charge is 0.337 e. The molecule has 2 aromatic carbocycles. The van der Waals surface area contributed by atoms with Crippen LogP contribution in [0.2, 0.25) is 0 Å². The van der Waals surface area contributed by atoms with E-state index in [1.54, 1.807) is 18.2 Å². The first-order chi connectivity index (χ1) is 12.5. The molecular formula is C17H15FNO6S-. The zero-order valence-electron chi connectivity index (χ0n) is 13.8. The van der Waals surface area contributed by atoms with Crippen molar-refractivity contribution in [2.45, 2.75) is 13.1 Å². The highest BCUT2D eigenvalue weighted by molar-refractivity contribution is 7.76. The van der Waals surface area contributed by atoms with Crippen molar-refractivity contribution in [3.05, 3.63) is 58.9 Å². The van der Waals surface area contributed by atoms with E-state index in [1.165, 1.54) is 19.2 Å². The highest BCUT2D eigenvalue weighted by Crippen LogP contribution is 2.33. The van der Waals surface area contributed by atoms with Crippen molar-refractivity contribution in [2.75, 3.05) is 13.9 Å². The maximum Gasteiger partial charge on any atom is 0.337 e. The Kier molecular flexibility index (Phi) is 5.50.